The van der Waals surface area contributed by atoms with Crippen molar-refractivity contribution in [1.82, 2.24) is 4.90 Å². The molecule has 30 heavy (non-hydrogen) atoms. The third kappa shape index (κ3) is 5.78. The lowest BCUT2D eigenvalue weighted by molar-refractivity contribution is 0.00206. The van der Waals surface area contributed by atoms with Gasteiger partial charge >= 0.3 is 0 Å². The van der Waals surface area contributed by atoms with Crippen LogP contribution in [0.1, 0.15) is 5.56 Å². The first-order valence-electron chi connectivity index (χ1n) is 10.8. The molecule has 0 saturated carbocycles. The van der Waals surface area contributed by atoms with Gasteiger partial charge < -0.3 is 18.9 Å². The highest BCUT2D eigenvalue weighted by Gasteiger charge is 2.13. The molecule has 3 aromatic rings. The Morgan fingerprint density at radius 1 is 0.567 bits per heavy atom. The molecule has 1 saturated heterocycles. The van der Waals surface area contributed by atoms with E-state index in [1.54, 1.807) is 0 Å². The Balaban J connectivity index is 1.54. The number of nitrogens with zero attached hydrogens (tertiary/aromatic N) is 1. The zero-order valence-corrected chi connectivity index (χ0v) is 17.6. The predicted octanol–water partition coefficient (Wildman–Crippen LogP) is 3.88. The summed E-state index contributed by atoms with van der Waals surface area (Å²) in [5.41, 5.74) is 1.37. The van der Waals surface area contributed by atoms with Crippen molar-refractivity contribution in [3.05, 3.63) is 60.2 Å². The Hall–Kier alpha value is -2.02. The Labute approximate surface area is 178 Å². The Morgan fingerprint density at radius 3 is 1.50 bits per heavy atom. The van der Waals surface area contributed by atoms with Gasteiger partial charge in [0, 0.05) is 19.6 Å². The van der Waals surface area contributed by atoms with Crippen LogP contribution in [0, 0.1) is 0 Å². The summed E-state index contributed by atoms with van der Waals surface area (Å²) < 4.78 is 22.7. The van der Waals surface area contributed by atoms with Crippen LogP contribution in [0.25, 0.3) is 21.5 Å². The summed E-state index contributed by atoms with van der Waals surface area (Å²) in [6, 6.07) is 19.6. The highest BCUT2D eigenvalue weighted by atomic mass is 16.6. The molecule has 0 aromatic heterocycles. The highest BCUT2D eigenvalue weighted by Crippen LogP contribution is 2.29. The molecule has 0 radical (unpaired) electrons. The number of fused-ring (bicyclic) bond motifs is 2. The molecule has 0 bridgehead atoms. The van der Waals surface area contributed by atoms with Gasteiger partial charge in [-0.25, -0.2) is 0 Å². The average molecular weight is 410 g/mol. The van der Waals surface area contributed by atoms with Crippen LogP contribution < -0.4 is 0 Å². The maximum absolute atomic E-state index is 5.80. The van der Waals surface area contributed by atoms with E-state index >= 15 is 0 Å². The Kier molecular flexibility index (Phi) is 8.06. The van der Waals surface area contributed by atoms with Crippen molar-refractivity contribution < 1.29 is 18.9 Å². The number of ether oxygens (including phenoxy) is 4. The maximum Gasteiger partial charge on any atom is 0.0701 e. The standard InChI is InChI=1S/C25H31NO4/c1-3-7-23-21(5-1)19-22-6-2-4-8-24(22)25(23)20-26-9-11-27-13-15-29-17-18-30-16-14-28-12-10-26/h1-8,19H,9-18,20H2. The molecular weight excluding hydrogens is 378 g/mol. The zero-order valence-electron chi connectivity index (χ0n) is 17.6. The van der Waals surface area contributed by atoms with Gasteiger partial charge in [0.1, 0.15) is 0 Å². The van der Waals surface area contributed by atoms with Crippen LogP contribution in [0.15, 0.2) is 54.6 Å². The van der Waals surface area contributed by atoms with Crippen molar-refractivity contribution >= 4 is 21.5 Å². The quantitative estimate of drug-likeness (QED) is 0.601. The van der Waals surface area contributed by atoms with Gasteiger partial charge in [-0.15, -0.1) is 0 Å². The smallest absolute Gasteiger partial charge is 0.0701 e. The van der Waals surface area contributed by atoms with Gasteiger partial charge in [0.05, 0.1) is 52.9 Å². The molecule has 0 aliphatic carbocycles. The van der Waals surface area contributed by atoms with Gasteiger partial charge in [0.2, 0.25) is 0 Å². The lowest BCUT2D eigenvalue weighted by atomic mass is 9.96. The average Bonchev–Trinajstić information content (AvgIpc) is 2.79. The minimum absolute atomic E-state index is 0.601. The summed E-state index contributed by atoms with van der Waals surface area (Å²) >= 11 is 0. The largest absolute Gasteiger partial charge is 0.378 e. The second kappa shape index (κ2) is 11.4. The topological polar surface area (TPSA) is 40.2 Å². The van der Waals surface area contributed by atoms with Crippen LogP contribution >= 0.6 is 0 Å². The van der Waals surface area contributed by atoms with E-state index in [2.05, 4.69) is 59.5 Å². The van der Waals surface area contributed by atoms with Crippen molar-refractivity contribution in [3.8, 4) is 0 Å². The normalized spacial score (nSPS) is 18.8. The van der Waals surface area contributed by atoms with Crippen molar-refractivity contribution in [3.63, 3.8) is 0 Å². The van der Waals surface area contributed by atoms with Crippen molar-refractivity contribution in [1.29, 1.82) is 0 Å². The molecule has 0 amide bonds. The minimum atomic E-state index is 0.601. The maximum atomic E-state index is 5.80. The summed E-state index contributed by atoms with van der Waals surface area (Å²) in [6.07, 6.45) is 0. The third-order valence-electron chi connectivity index (χ3n) is 5.48. The first-order valence-corrected chi connectivity index (χ1v) is 10.8. The van der Waals surface area contributed by atoms with Crippen LogP contribution in [0.2, 0.25) is 0 Å². The van der Waals surface area contributed by atoms with Crippen LogP contribution in [0.3, 0.4) is 0 Å². The molecule has 1 aliphatic rings. The van der Waals surface area contributed by atoms with Gasteiger partial charge in [-0.05, 0) is 33.2 Å². The molecule has 160 valence electrons. The second-order valence-electron chi connectivity index (χ2n) is 7.52. The molecule has 1 aliphatic heterocycles. The van der Waals surface area contributed by atoms with Crippen molar-refractivity contribution in [2.75, 3.05) is 65.9 Å². The molecule has 0 N–H and O–H groups in total. The zero-order chi connectivity index (χ0) is 20.4. The van der Waals surface area contributed by atoms with E-state index in [1.807, 2.05) is 0 Å². The first kappa shape index (κ1) is 21.2. The summed E-state index contributed by atoms with van der Waals surface area (Å²) in [4.78, 5) is 2.43. The molecular formula is C25H31NO4. The number of benzene rings is 3. The Morgan fingerprint density at radius 2 is 1.00 bits per heavy atom. The molecule has 3 aromatic carbocycles. The predicted molar refractivity (Wildman–Crippen MR) is 120 cm³/mol. The highest BCUT2D eigenvalue weighted by molar-refractivity contribution is 6.02. The fourth-order valence-corrected chi connectivity index (χ4v) is 3.92. The number of hydrogen-bond donors (Lipinski definition) is 0. The first-order chi connectivity index (χ1) is 14.9. The molecule has 5 nitrogen and oxygen atoms in total. The van der Waals surface area contributed by atoms with E-state index in [0.29, 0.717) is 52.9 Å². The van der Waals surface area contributed by atoms with E-state index in [9.17, 15) is 0 Å². The van der Waals surface area contributed by atoms with Crippen LogP contribution in [-0.4, -0.2) is 70.8 Å². The lowest BCUT2D eigenvalue weighted by Gasteiger charge is -2.24. The van der Waals surface area contributed by atoms with Crippen LogP contribution in [0.4, 0.5) is 0 Å². The van der Waals surface area contributed by atoms with Gasteiger partial charge in [-0.2, -0.15) is 0 Å². The van der Waals surface area contributed by atoms with Crippen LogP contribution in [0.5, 0.6) is 0 Å². The monoisotopic (exact) mass is 409 g/mol. The summed E-state index contributed by atoms with van der Waals surface area (Å²) in [7, 11) is 0. The molecule has 1 fully saturated rings. The minimum Gasteiger partial charge on any atom is -0.378 e. The number of rotatable bonds is 2. The molecule has 0 spiro atoms. The molecule has 1 heterocycles. The third-order valence-corrected chi connectivity index (χ3v) is 5.48. The van der Waals surface area contributed by atoms with Crippen molar-refractivity contribution in [2.45, 2.75) is 6.54 Å². The number of hydrogen-bond acceptors (Lipinski definition) is 5. The fraction of sp³-hybridized carbons (Fsp3) is 0.440. The van der Waals surface area contributed by atoms with Gasteiger partial charge in [-0.3, -0.25) is 4.90 Å². The SMILES string of the molecule is c1ccc2c(CN3CCOCCOCCOCCOCC3)c3ccccc3cc2c1. The van der Waals surface area contributed by atoms with E-state index in [0.717, 1.165) is 19.6 Å². The van der Waals surface area contributed by atoms with Gasteiger partial charge in [0.15, 0.2) is 0 Å². The van der Waals surface area contributed by atoms with E-state index in [-0.39, 0.29) is 0 Å². The Bertz CT molecular complexity index is 859. The summed E-state index contributed by atoms with van der Waals surface area (Å²) in [6.45, 7) is 7.58. The van der Waals surface area contributed by atoms with E-state index in [1.165, 1.54) is 27.1 Å². The van der Waals surface area contributed by atoms with Crippen molar-refractivity contribution in [2.24, 2.45) is 0 Å². The molecule has 4 rings (SSSR count). The van der Waals surface area contributed by atoms with E-state index in [4.69, 9.17) is 18.9 Å². The van der Waals surface area contributed by atoms with Gasteiger partial charge in [0.25, 0.3) is 0 Å². The fourth-order valence-electron chi connectivity index (χ4n) is 3.92. The van der Waals surface area contributed by atoms with E-state index < -0.39 is 0 Å². The second-order valence-corrected chi connectivity index (χ2v) is 7.52. The molecule has 0 atom stereocenters. The lowest BCUT2D eigenvalue weighted by Crippen LogP contribution is -2.31. The summed E-state index contributed by atoms with van der Waals surface area (Å²) in [5.74, 6) is 0. The molecule has 5 heteroatoms. The van der Waals surface area contributed by atoms with Crippen LogP contribution in [-0.2, 0) is 25.5 Å². The summed E-state index contributed by atoms with van der Waals surface area (Å²) in [5, 5.41) is 5.20. The molecule has 0 unspecified atom stereocenters. The van der Waals surface area contributed by atoms with Gasteiger partial charge in [-0.1, -0.05) is 48.5 Å².